The summed E-state index contributed by atoms with van der Waals surface area (Å²) in [5.74, 6) is -0.333. The van der Waals surface area contributed by atoms with Gasteiger partial charge in [0.2, 0.25) is 0 Å². The molecule has 0 amide bonds. The summed E-state index contributed by atoms with van der Waals surface area (Å²) >= 11 is 5.81. The van der Waals surface area contributed by atoms with E-state index in [4.69, 9.17) is 11.6 Å². The number of aryl methyl sites for hydroxylation is 1. The highest BCUT2D eigenvalue weighted by molar-refractivity contribution is 6.33. The van der Waals surface area contributed by atoms with E-state index in [0.29, 0.717) is 5.02 Å². The molecule has 14 heavy (non-hydrogen) atoms. The lowest BCUT2D eigenvalue weighted by atomic mass is 10.4. The summed E-state index contributed by atoms with van der Waals surface area (Å²) in [5, 5.41) is 8.07. The summed E-state index contributed by atoms with van der Waals surface area (Å²) in [6, 6.07) is 1.66. The lowest BCUT2D eigenvalue weighted by molar-refractivity contribution is 0.0939. The zero-order valence-electron chi connectivity index (χ0n) is 7.38. The number of hydrogen-bond donors (Lipinski definition) is 0. The van der Waals surface area contributed by atoms with Crippen LogP contribution in [0.15, 0.2) is 24.7 Å². The Hall–Kier alpha value is -1.62. The lowest BCUT2D eigenvalue weighted by Crippen LogP contribution is -2.13. The fourth-order valence-corrected chi connectivity index (χ4v) is 1.36. The number of rotatable bonds is 1. The fraction of sp³-hybridized carbons (Fsp3) is 0.125. The van der Waals surface area contributed by atoms with E-state index in [1.165, 1.54) is 15.6 Å². The third-order valence-electron chi connectivity index (χ3n) is 1.70. The minimum Gasteiger partial charge on any atom is -0.273 e. The van der Waals surface area contributed by atoms with Crippen molar-refractivity contribution in [2.75, 3.05) is 0 Å². The van der Waals surface area contributed by atoms with E-state index < -0.39 is 0 Å². The zero-order chi connectivity index (χ0) is 10.1. The van der Waals surface area contributed by atoms with Crippen LogP contribution in [0.1, 0.15) is 10.5 Å². The molecule has 5 nitrogen and oxygen atoms in total. The van der Waals surface area contributed by atoms with Crippen molar-refractivity contribution >= 4 is 17.5 Å². The van der Waals surface area contributed by atoms with Crippen LogP contribution < -0.4 is 0 Å². The molecule has 0 aromatic carbocycles. The Morgan fingerprint density at radius 2 is 2.36 bits per heavy atom. The Morgan fingerprint density at radius 3 is 2.86 bits per heavy atom. The second-order valence-electron chi connectivity index (χ2n) is 2.76. The summed E-state index contributed by atoms with van der Waals surface area (Å²) in [7, 11) is 1.70. The normalized spacial score (nSPS) is 10.4. The maximum absolute atomic E-state index is 11.7. The molecular formula is C8H7ClN4O. The summed E-state index contributed by atoms with van der Waals surface area (Å²) in [6.07, 6.45) is 4.64. The average molecular weight is 211 g/mol. The third kappa shape index (κ3) is 1.42. The molecule has 0 N–H and O–H groups in total. The van der Waals surface area contributed by atoms with Crippen molar-refractivity contribution in [3.05, 3.63) is 35.4 Å². The van der Waals surface area contributed by atoms with Crippen LogP contribution in [0, 0.1) is 0 Å². The number of carbonyl (C=O) groups is 1. The molecule has 2 heterocycles. The SMILES string of the molecule is Cn1cc(Cl)c(C(=O)n2cccn2)n1. The number of aromatic nitrogens is 4. The molecule has 72 valence electrons. The summed E-state index contributed by atoms with van der Waals surface area (Å²) in [6.45, 7) is 0. The molecule has 0 atom stereocenters. The molecule has 0 radical (unpaired) electrons. The van der Waals surface area contributed by atoms with E-state index in [2.05, 4.69) is 10.2 Å². The second kappa shape index (κ2) is 3.26. The van der Waals surface area contributed by atoms with Crippen LogP contribution in [0.2, 0.25) is 5.02 Å². The van der Waals surface area contributed by atoms with E-state index in [1.807, 2.05) is 0 Å². The van der Waals surface area contributed by atoms with Gasteiger partial charge in [0.05, 0.1) is 5.02 Å². The maximum Gasteiger partial charge on any atom is 0.300 e. The fourth-order valence-electron chi connectivity index (χ4n) is 1.10. The number of hydrogen-bond acceptors (Lipinski definition) is 3. The Morgan fingerprint density at radius 1 is 1.57 bits per heavy atom. The number of nitrogens with zero attached hydrogens (tertiary/aromatic N) is 4. The van der Waals surface area contributed by atoms with Gasteiger partial charge in [-0.1, -0.05) is 11.6 Å². The summed E-state index contributed by atoms with van der Waals surface area (Å²) < 4.78 is 2.67. The van der Waals surface area contributed by atoms with Gasteiger partial charge in [0.25, 0.3) is 5.91 Å². The smallest absolute Gasteiger partial charge is 0.273 e. The van der Waals surface area contributed by atoms with E-state index in [0.717, 1.165) is 0 Å². The molecule has 6 heteroatoms. The van der Waals surface area contributed by atoms with E-state index in [-0.39, 0.29) is 11.6 Å². The van der Waals surface area contributed by atoms with Crippen LogP contribution in [0.5, 0.6) is 0 Å². The van der Waals surface area contributed by atoms with Gasteiger partial charge in [-0.15, -0.1) is 0 Å². The van der Waals surface area contributed by atoms with Gasteiger partial charge in [0.1, 0.15) is 0 Å². The molecule has 0 saturated heterocycles. The van der Waals surface area contributed by atoms with Crippen molar-refractivity contribution in [1.82, 2.24) is 19.6 Å². The first-order valence-electron chi connectivity index (χ1n) is 3.92. The molecule has 2 aromatic heterocycles. The minimum absolute atomic E-state index is 0.206. The standard InChI is InChI=1S/C8H7ClN4O/c1-12-5-6(9)7(11-12)8(14)13-4-2-3-10-13/h2-5H,1H3. The quantitative estimate of drug-likeness (QED) is 0.705. The van der Waals surface area contributed by atoms with Crippen LogP contribution in [-0.2, 0) is 7.05 Å². The predicted molar refractivity (Wildman–Crippen MR) is 50.2 cm³/mol. The Balaban J connectivity index is 2.41. The molecule has 0 saturated carbocycles. The Bertz CT molecular complexity index is 460. The summed E-state index contributed by atoms with van der Waals surface area (Å²) in [5.41, 5.74) is 0.206. The highest BCUT2D eigenvalue weighted by Gasteiger charge is 2.16. The molecule has 0 spiro atoms. The van der Waals surface area contributed by atoms with Crippen molar-refractivity contribution in [1.29, 1.82) is 0 Å². The highest BCUT2D eigenvalue weighted by Crippen LogP contribution is 2.13. The minimum atomic E-state index is -0.333. The van der Waals surface area contributed by atoms with Crippen molar-refractivity contribution in [3.8, 4) is 0 Å². The molecule has 0 bridgehead atoms. The first-order valence-corrected chi connectivity index (χ1v) is 4.30. The molecule has 2 rings (SSSR count). The van der Waals surface area contributed by atoms with Gasteiger partial charge in [0.15, 0.2) is 5.69 Å². The van der Waals surface area contributed by atoms with E-state index >= 15 is 0 Å². The topological polar surface area (TPSA) is 52.7 Å². The molecule has 0 aliphatic carbocycles. The van der Waals surface area contributed by atoms with E-state index in [9.17, 15) is 4.79 Å². The van der Waals surface area contributed by atoms with Gasteiger partial charge in [-0.3, -0.25) is 9.48 Å². The average Bonchev–Trinajstić information content (AvgIpc) is 2.73. The van der Waals surface area contributed by atoms with Crippen molar-refractivity contribution in [2.45, 2.75) is 0 Å². The molecular weight excluding hydrogens is 204 g/mol. The van der Waals surface area contributed by atoms with Crippen LogP contribution in [0.4, 0.5) is 0 Å². The molecule has 0 aliphatic rings. The van der Waals surface area contributed by atoms with Gasteiger partial charge >= 0.3 is 0 Å². The van der Waals surface area contributed by atoms with Crippen molar-refractivity contribution in [2.24, 2.45) is 7.05 Å². The van der Waals surface area contributed by atoms with Crippen molar-refractivity contribution in [3.63, 3.8) is 0 Å². The number of carbonyl (C=O) groups excluding carboxylic acids is 1. The summed E-state index contributed by atoms with van der Waals surface area (Å²) in [4.78, 5) is 11.7. The predicted octanol–water partition coefficient (Wildman–Crippen LogP) is 0.958. The largest absolute Gasteiger partial charge is 0.300 e. The van der Waals surface area contributed by atoms with Gasteiger partial charge in [-0.2, -0.15) is 10.2 Å². The monoisotopic (exact) mass is 210 g/mol. The number of halogens is 1. The molecule has 0 fully saturated rings. The van der Waals surface area contributed by atoms with Gasteiger partial charge in [0, 0.05) is 25.6 Å². The third-order valence-corrected chi connectivity index (χ3v) is 1.98. The second-order valence-corrected chi connectivity index (χ2v) is 3.16. The molecule has 0 aliphatic heterocycles. The zero-order valence-corrected chi connectivity index (χ0v) is 8.14. The lowest BCUT2D eigenvalue weighted by Gasteiger charge is -1.95. The molecule has 2 aromatic rings. The molecule has 0 unspecified atom stereocenters. The van der Waals surface area contributed by atoms with Crippen LogP contribution in [0.25, 0.3) is 0 Å². The van der Waals surface area contributed by atoms with Gasteiger partial charge < -0.3 is 0 Å². The van der Waals surface area contributed by atoms with Gasteiger partial charge in [-0.05, 0) is 6.07 Å². The van der Waals surface area contributed by atoms with Crippen molar-refractivity contribution < 1.29 is 4.79 Å². The van der Waals surface area contributed by atoms with Crippen LogP contribution in [0.3, 0.4) is 0 Å². The first kappa shape index (κ1) is 8.96. The Kier molecular flexibility index (Phi) is 2.09. The van der Waals surface area contributed by atoms with Gasteiger partial charge in [-0.25, -0.2) is 4.68 Å². The van der Waals surface area contributed by atoms with Crippen LogP contribution >= 0.6 is 11.6 Å². The maximum atomic E-state index is 11.7. The van der Waals surface area contributed by atoms with Crippen LogP contribution in [-0.4, -0.2) is 25.5 Å². The Labute approximate surface area is 84.9 Å². The highest BCUT2D eigenvalue weighted by atomic mass is 35.5. The first-order chi connectivity index (χ1) is 6.68. The van der Waals surface area contributed by atoms with E-state index in [1.54, 1.807) is 25.5 Å².